The minimum atomic E-state index is -4.36. The van der Waals surface area contributed by atoms with Crippen molar-refractivity contribution in [2.45, 2.75) is 12.6 Å². The summed E-state index contributed by atoms with van der Waals surface area (Å²) >= 11 is 5.84. The van der Waals surface area contributed by atoms with E-state index in [0.29, 0.717) is 28.3 Å². The largest absolute Gasteiger partial charge is 0.416 e. The summed E-state index contributed by atoms with van der Waals surface area (Å²) in [6.45, 7) is 0. The van der Waals surface area contributed by atoms with Gasteiger partial charge >= 0.3 is 6.18 Å². The first-order valence-corrected chi connectivity index (χ1v) is 6.99. The number of halogens is 4. The minimum absolute atomic E-state index is 0.348. The summed E-state index contributed by atoms with van der Waals surface area (Å²) in [6, 6.07) is 10.9. The predicted octanol–water partition coefficient (Wildman–Crippen LogP) is 4.84. The van der Waals surface area contributed by atoms with E-state index in [4.69, 9.17) is 11.6 Å². The van der Waals surface area contributed by atoms with Crippen LogP contribution in [-0.2, 0) is 19.6 Å². The second-order valence-corrected chi connectivity index (χ2v) is 5.53. The van der Waals surface area contributed by atoms with Gasteiger partial charge in [-0.15, -0.1) is 0 Å². The molecule has 1 heterocycles. The van der Waals surface area contributed by atoms with Gasteiger partial charge in [-0.1, -0.05) is 23.7 Å². The molecule has 114 valence electrons. The number of benzene rings is 2. The van der Waals surface area contributed by atoms with Crippen LogP contribution in [0.4, 0.5) is 13.2 Å². The monoisotopic (exact) mass is 324 g/mol. The zero-order valence-corrected chi connectivity index (χ0v) is 12.4. The molecule has 0 bridgehead atoms. The average molecular weight is 325 g/mol. The number of hydrogen-bond acceptors (Lipinski definition) is 1. The van der Waals surface area contributed by atoms with E-state index in [0.717, 1.165) is 17.7 Å². The van der Waals surface area contributed by atoms with Gasteiger partial charge in [-0.3, -0.25) is 0 Å². The molecule has 0 amide bonds. The second-order valence-electron chi connectivity index (χ2n) is 5.09. The topological polar surface area (TPSA) is 17.8 Å². The van der Waals surface area contributed by atoms with Crippen molar-refractivity contribution in [3.8, 4) is 0 Å². The third-order valence-corrected chi connectivity index (χ3v) is 3.83. The highest BCUT2D eigenvalue weighted by Gasteiger charge is 2.30. The molecule has 2 nitrogen and oxygen atoms in total. The van der Waals surface area contributed by atoms with E-state index in [1.165, 1.54) is 6.07 Å². The lowest BCUT2D eigenvalue weighted by atomic mass is 10.1. The number of rotatable bonds is 2. The Morgan fingerprint density at radius 3 is 2.41 bits per heavy atom. The first kappa shape index (κ1) is 14.9. The summed E-state index contributed by atoms with van der Waals surface area (Å²) in [4.78, 5) is 4.33. The fourth-order valence-corrected chi connectivity index (χ4v) is 2.49. The lowest BCUT2D eigenvalue weighted by Crippen LogP contribution is -2.04. The quantitative estimate of drug-likeness (QED) is 0.659. The molecule has 0 radical (unpaired) electrons. The van der Waals surface area contributed by atoms with E-state index in [1.54, 1.807) is 19.2 Å². The molecule has 22 heavy (non-hydrogen) atoms. The van der Waals surface area contributed by atoms with Crippen molar-refractivity contribution >= 4 is 22.6 Å². The lowest BCUT2D eigenvalue weighted by molar-refractivity contribution is -0.137. The van der Waals surface area contributed by atoms with Gasteiger partial charge in [0, 0.05) is 18.5 Å². The summed E-state index contributed by atoms with van der Waals surface area (Å²) in [7, 11) is 1.80. The summed E-state index contributed by atoms with van der Waals surface area (Å²) in [5.41, 5.74) is 1.34. The molecule has 0 spiro atoms. The summed E-state index contributed by atoms with van der Waals surface area (Å²) in [5.74, 6) is 0.705. The summed E-state index contributed by atoms with van der Waals surface area (Å²) < 4.78 is 40.1. The number of fused-ring (bicyclic) bond motifs is 1. The van der Waals surface area contributed by atoms with Crippen LogP contribution in [0.5, 0.6) is 0 Å². The van der Waals surface area contributed by atoms with Crippen LogP contribution in [0.15, 0.2) is 42.5 Å². The van der Waals surface area contributed by atoms with Gasteiger partial charge in [-0.25, -0.2) is 4.98 Å². The molecule has 2 aromatic carbocycles. The minimum Gasteiger partial charge on any atom is -0.331 e. The van der Waals surface area contributed by atoms with Crippen LogP contribution in [0, 0.1) is 0 Å². The summed E-state index contributed by atoms with van der Waals surface area (Å²) in [6.07, 6.45) is -3.83. The van der Waals surface area contributed by atoms with Crippen LogP contribution in [0.25, 0.3) is 11.0 Å². The van der Waals surface area contributed by atoms with Gasteiger partial charge in [0.05, 0.1) is 16.6 Å². The highest BCUT2D eigenvalue weighted by molar-refractivity contribution is 6.30. The molecule has 0 fully saturated rings. The first-order chi connectivity index (χ1) is 10.3. The van der Waals surface area contributed by atoms with Crippen molar-refractivity contribution in [2.24, 2.45) is 7.05 Å². The van der Waals surface area contributed by atoms with E-state index < -0.39 is 11.7 Å². The van der Waals surface area contributed by atoms with Crippen molar-refractivity contribution < 1.29 is 13.2 Å². The first-order valence-electron chi connectivity index (χ1n) is 6.61. The molecule has 3 rings (SSSR count). The third kappa shape index (κ3) is 2.81. The SMILES string of the molecule is Cn1c(Cc2ccc(Cl)cc2)nc2cc(C(F)(F)F)ccc21. The van der Waals surface area contributed by atoms with Gasteiger partial charge in [-0.05, 0) is 35.9 Å². The number of alkyl halides is 3. The maximum atomic E-state index is 12.8. The normalized spacial score (nSPS) is 12.0. The number of aromatic nitrogens is 2. The molecular weight excluding hydrogens is 313 g/mol. The van der Waals surface area contributed by atoms with E-state index in [2.05, 4.69) is 4.98 Å². The maximum Gasteiger partial charge on any atom is 0.416 e. The molecule has 0 N–H and O–H groups in total. The van der Waals surface area contributed by atoms with Crippen molar-refractivity contribution in [2.75, 3.05) is 0 Å². The van der Waals surface area contributed by atoms with E-state index in [-0.39, 0.29) is 0 Å². The van der Waals surface area contributed by atoms with Crippen LogP contribution in [0.3, 0.4) is 0 Å². The van der Waals surface area contributed by atoms with E-state index >= 15 is 0 Å². The molecule has 3 aromatic rings. The maximum absolute atomic E-state index is 12.8. The fourth-order valence-electron chi connectivity index (χ4n) is 2.37. The Morgan fingerprint density at radius 1 is 1.09 bits per heavy atom. The molecule has 0 saturated carbocycles. The molecule has 0 aliphatic carbocycles. The Kier molecular flexibility index (Phi) is 3.60. The van der Waals surface area contributed by atoms with Gasteiger partial charge in [0.25, 0.3) is 0 Å². The molecule has 1 aromatic heterocycles. The zero-order valence-electron chi connectivity index (χ0n) is 11.7. The van der Waals surface area contributed by atoms with Gasteiger partial charge in [0.1, 0.15) is 5.82 Å². The van der Waals surface area contributed by atoms with Crippen molar-refractivity contribution in [1.82, 2.24) is 9.55 Å². The molecule has 0 aliphatic heterocycles. The Hall–Kier alpha value is -2.01. The average Bonchev–Trinajstić information content (AvgIpc) is 2.77. The molecule has 0 aliphatic rings. The lowest BCUT2D eigenvalue weighted by Gasteiger charge is -2.06. The summed E-state index contributed by atoms with van der Waals surface area (Å²) in [5, 5.41) is 0.642. The van der Waals surface area contributed by atoms with Crippen LogP contribution < -0.4 is 0 Å². The van der Waals surface area contributed by atoms with Crippen molar-refractivity contribution in [3.05, 3.63) is 64.4 Å². The van der Waals surface area contributed by atoms with Gasteiger partial charge in [-0.2, -0.15) is 13.2 Å². The molecule has 0 atom stereocenters. The standard InChI is InChI=1S/C16H12ClF3N2/c1-22-14-7-4-11(16(18,19)20)9-13(14)21-15(22)8-10-2-5-12(17)6-3-10/h2-7,9H,8H2,1H3. The van der Waals surface area contributed by atoms with Crippen molar-refractivity contribution in [1.29, 1.82) is 0 Å². The number of hydrogen-bond donors (Lipinski definition) is 0. The zero-order chi connectivity index (χ0) is 15.9. The van der Waals surface area contributed by atoms with Gasteiger partial charge in [0.15, 0.2) is 0 Å². The van der Waals surface area contributed by atoms with Crippen LogP contribution >= 0.6 is 11.6 Å². The van der Waals surface area contributed by atoms with E-state index in [9.17, 15) is 13.2 Å². The van der Waals surface area contributed by atoms with Gasteiger partial charge < -0.3 is 4.57 Å². The fraction of sp³-hybridized carbons (Fsp3) is 0.188. The smallest absolute Gasteiger partial charge is 0.331 e. The van der Waals surface area contributed by atoms with Crippen LogP contribution in [-0.4, -0.2) is 9.55 Å². The van der Waals surface area contributed by atoms with E-state index in [1.807, 2.05) is 16.7 Å². The molecule has 0 saturated heterocycles. The Balaban J connectivity index is 2.00. The highest BCUT2D eigenvalue weighted by Crippen LogP contribution is 2.31. The molecule has 0 unspecified atom stereocenters. The Bertz CT molecular complexity index is 820. The second kappa shape index (κ2) is 5.32. The van der Waals surface area contributed by atoms with Crippen molar-refractivity contribution in [3.63, 3.8) is 0 Å². The van der Waals surface area contributed by atoms with Crippen LogP contribution in [0.2, 0.25) is 5.02 Å². The highest BCUT2D eigenvalue weighted by atomic mass is 35.5. The van der Waals surface area contributed by atoms with Crippen LogP contribution in [0.1, 0.15) is 17.0 Å². The molecule has 6 heteroatoms. The number of aryl methyl sites for hydroxylation is 1. The predicted molar refractivity (Wildman–Crippen MR) is 80.0 cm³/mol. The Morgan fingerprint density at radius 2 is 1.77 bits per heavy atom. The Labute approximate surface area is 130 Å². The number of nitrogens with zero attached hydrogens (tertiary/aromatic N) is 2. The number of imidazole rings is 1. The molecular formula is C16H12ClF3N2. The third-order valence-electron chi connectivity index (χ3n) is 3.58. The van der Waals surface area contributed by atoms with Gasteiger partial charge in [0.2, 0.25) is 0 Å².